The van der Waals surface area contributed by atoms with Crippen molar-refractivity contribution in [3.8, 4) is 6.07 Å². The molecule has 2 heteroatoms. The van der Waals surface area contributed by atoms with Crippen molar-refractivity contribution in [1.82, 2.24) is 0 Å². The first-order valence-electron chi connectivity index (χ1n) is 11.1. The van der Waals surface area contributed by atoms with Crippen LogP contribution >= 0.6 is 0 Å². The van der Waals surface area contributed by atoms with Crippen LogP contribution in [-0.4, -0.2) is 11.2 Å². The second kappa shape index (κ2) is 6.21. The lowest BCUT2D eigenvalue weighted by molar-refractivity contribution is -0.0905. The highest BCUT2D eigenvalue weighted by Crippen LogP contribution is 2.66. The molecule has 2 nitrogen and oxygen atoms in total. The van der Waals surface area contributed by atoms with Crippen LogP contribution in [0, 0.1) is 45.3 Å². The summed E-state index contributed by atoms with van der Waals surface area (Å²) in [6.45, 7) is 11.9. The third-order valence-corrected chi connectivity index (χ3v) is 9.53. The Balaban J connectivity index is 1.71. The molecular formula is C25H37NO. The average molecular weight is 368 g/mol. The Bertz CT molecular complexity index is 738. The van der Waals surface area contributed by atoms with Gasteiger partial charge in [0, 0.05) is 6.42 Å². The van der Waals surface area contributed by atoms with Gasteiger partial charge in [0.25, 0.3) is 0 Å². The van der Waals surface area contributed by atoms with Crippen molar-refractivity contribution in [2.45, 2.75) is 92.1 Å². The van der Waals surface area contributed by atoms with E-state index in [1.54, 1.807) is 16.7 Å². The second-order valence-corrected chi connectivity index (χ2v) is 11.1. The molecule has 0 aliphatic heterocycles. The van der Waals surface area contributed by atoms with Gasteiger partial charge >= 0.3 is 0 Å². The molecule has 1 N–H and O–H groups in total. The number of rotatable bonds is 2. The third kappa shape index (κ3) is 2.53. The van der Waals surface area contributed by atoms with Crippen molar-refractivity contribution in [3.63, 3.8) is 0 Å². The monoisotopic (exact) mass is 367 g/mol. The molecule has 0 aromatic heterocycles. The second-order valence-electron chi connectivity index (χ2n) is 11.1. The van der Waals surface area contributed by atoms with Gasteiger partial charge in [-0.25, -0.2) is 0 Å². The molecule has 0 aromatic carbocycles. The van der Waals surface area contributed by atoms with Crippen LogP contribution in [0.2, 0.25) is 0 Å². The smallest absolute Gasteiger partial charge is 0.0624 e. The van der Waals surface area contributed by atoms with E-state index in [0.29, 0.717) is 24.2 Å². The van der Waals surface area contributed by atoms with E-state index in [1.165, 1.54) is 25.7 Å². The van der Waals surface area contributed by atoms with Crippen LogP contribution in [0.4, 0.5) is 0 Å². The van der Waals surface area contributed by atoms with Crippen LogP contribution < -0.4 is 0 Å². The molecule has 6 atom stereocenters. The molecule has 0 radical (unpaired) electrons. The van der Waals surface area contributed by atoms with Gasteiger partial charge in [-0.1, -0.05) is 46.3 Å². The zero-order chi connectivity index (χ0) is 19.6. The SMILES string of the molecule is CC(CC#N)C1CC=C2C3=C(CCC21C)C1(C)CCC(O)C(C)(C)C1CC3. The largest absolute Gasteiger partial charge is 0.393 e. The Morgan fingerprint density at radius 3 is 2.59 bits per heavy atom. The minimum absolute atomic E-state index is 0.0141. The van der Waals surface area contributed by atoms with Crippen molar-refractivity contribution in [2.24, 2.45) is 34.0 Å². The quantitative estimate of drug-likeness (QED) is 0.633. The van der Waals surface area contributed by atoms with E-state index in [9.17, 15) is 10.4 Å². The molecule has 6 unspecified atom stereocenters. The van der Waals surface area contributed by atoms with E-state index >= 15 is 0 Å². The van der Waals surface area contributed by atoms with E-state index < -0.39 is 0 Å². The lowest BCUT2D eigenvalue weighted by atomic mass is 9.46. The van der Waals surface area contributed by atoms with E-state index in [0.717, 1.165) is 19.3 Å². The Labute approximate surface area is 165 Å². The molecule has 4 rings (SSSR count). The number of aliphatic hydroxyl groups excluding tert-OH is 1. The summed E-state index contributed by atoms with van der Waals surface area (Å²) in [4.78, 5) is 0. The normalized spacial score (nSPS) is 43.9. The van der Waals surface area contributed by atoms with Gasteiger partial charge in [0.15, 0.2) is 0 Å². The molecule has 0 saturated heterocycles. The summed E-state index contributed by atoms with van der Waals surface area (Å²) in [6.07, 6.45) is 11.1. The Morgan fingerprint density at radius 2 is 1.89 bits per heavy atom. The van der Waals surface area contributed by atoms with Crippen molar-refractivity contribution in [1.29, 1.82) is 5.26 Å². The molecule has 4 aliphatic rings. The first-order valence-corrected chi connectivity index (χ1v) is 11.1. The van der Waals surface area contributed by atoms with Crippen molar-refractivity contribution >= 4 is 0 Å². The predicted molar refractivity (Wildman–Crippen MR) is 110 cm³/mol. The molecule has 0 heterocycles. The lowest BCUT2D eigenvalue weighted by Gasteiger charge is -2.59. The first kappa shape index (κ1) is 19.3. The van der Waals surface area contributed by atoms with E-state index in [2.05, 4.69) is 46.8 Å². The zero-order valence-corrected chi connectivity index (χ0v) is 17.9. The van der Waals surface area contributed by atoms with Crippen molar-refractivity contribution < 1.29 is 5.11 Å². The van der Waals surface area contributed by atoms with Gasteiger partial charge < -0.3 is 5.11 Å². The average Bonchev–Trinajstić information content (AvgIpc) is 2.96. The van der Waals surface area contributed by atoms with Crippen molar-refractivity contribution in [3.05, 3.63) is 22.8 Å². The predicted octanol–water partition coefficient (Wildman–Crippen LogP) is 6.18. The number of nitriles is 1. The van der Waals surface area contributed by atoms with Crippen LogP contribution in [-0.2, 0) is 0 Å². The lowest BCUT2D eigenvalue weighted by Crippen LogP contribution is -2.53. The maximum absolute atomic E-state index is 10.7. The van der Waals surface area contributed by atoms with E-state index in [4.69, 9.17) is 0 Å². The van der Waals surface area contributed by atoms with Crippen LogP contribution in [0.1, 0.15) is 86.0 Å². The topological polar surface area (TPSA) is 44.0 Å². The molecule has 1 fully saturated rings. The molecular weight excluding hydrogens is 330 g/mol. The van der Waals surface area contributed by atoms with E-state index in [1.807, 2.05) is 0 Å². The highest BCUT2D eigenvalue weighted by molar-refractivity contribution is 5.49. The van der Waals surface area contributed by atoms with Gasteiger partial charge in [-0.2, -0.15) is 5.26 Å². The number of fused-ring (bicyclic) bond motifs is 4. The molecule has 27 heavy (non-hydrogen) atoms. The van der Waals surface area contributed by atoms with Crippen LogP contribution in [0.15, 0.2) is 22.8 Å². The number of nitrogens with zero attached hydrogens (tertiary/aromatic N) is 1. The maximum Gasteiger partial charge on any atom is 0.0624 e. The number of hydrogen-bond acceptors (Lipinski definition) is 2. The highest BCUT2D eigenvalue weighted by Gasteiger charge is 2.57. The maximum atomic E-state index is 10.7. The first-order chi connectivity index (χ1) is 12.7. The van der Waals surface area contributed by atoms with Gasteiger partial charge in [0.2, 0.25) is 0 Å². The standard InChI is InChI=1S/C25H37NO/c1-16(12-15-26)18-7-8-19-17-6-9-21-23(2,3)22(27)11-14-25(21,5)20(17)10-13-24(18,19)4/h8,16,18,21-22,27H,6-7,9-14H2,1-5H3. The van der Waals surface area contributed by atoms with Crippen LogP contribution in [0.25, 0.3) is 0 Å². The number of allylic oxidation sites excluding steroid dienone is 4. The minimum Gasteiger partial charge on any atom is -0.393 e. The molecule has 4 aliphatic carbocycles. The summed E-state index contributed by atoms with van der Waals surface area (Å²) >= 11 is 0. The molecule has 0 spiro atoms. The molecule has 148 valence electrons. The van der Waals surface area contributed by atoms with Gasteiger partial charge in [0.1, 0.15) is 0 Å². The van der Waals surface area contributed by atoms with Gasteiger partial charge in [-0.3, -0.25) is 0 Å². The fourth-order valence-corrected chi connectivity index (χ4v) is 7.86. The summed E-state index contributed by atoms with van der Waals surface area (Å²) < 4.78 is 0. The Kier molecular flexibility index (Phi) is 4.43. The van der Waals surface area contributed by atoms with E-state index in [-0.39, 0.29) is 22.3 Å². The minimum atomic E-state index is -0.159. The fourth-order valence-electron chi connectivity index (χ4n) is 7.86. The molecule has 0 amide bonds. The Hall–Kier alpha value is -1.07. The molecule has 0 aromatic rings. The van der Waals surface area contributed by atoms with Crippen LogP contribution in [0.5, 0.6) is 0 Å². The Morgan fingerprint density at radius 1 is 1.15 bits per heavy atom. The molecule has 1 saturated carbocycles. The number of hydrogen-bond donors (Lipinski definition) is 1. The summed E-state index contributed by atoms with van der Waals surface area (Å²) in [5, 5.41) is 19.9. The third-order valence-electron chi connectivity index (χ3n) is 9.53. The van der Waals surface area contributed by atoms with Crippen molar-refractivity contribution in [2.75, 3.05) is 0 Å². The van der Waals surface area contributed by atoms with Gasteiger partial charge in [-0.05, 0) is 90.1 Å². The summed E-state index contributed by atoms with van der Waals surface area (Å²) in [5.74, 6) is 1.69. The summed E-state index contributed by atoms with van der Waals surface area (Å²) in [6, 6.07) is 2.41. The molecule has 0 bridgehead atoms. The summed E-state index contributed by atoms with van der Waals surface area (Å²) in [5.41, 5.74) is 5.59. The van der Waals surface area contributed by atoms with Gasteiger partial charge in [-0.15, -0.1) is 0 Å². The fraction of sp³-hybridized carbons (Fsp3) is 0.800. The highest BCUT2D eigenvalue weighted by atomic mass is 16.3. The zero-order valence-electron chi connectivity index (χ0n) is 17.9. The number of aliphatic hydroxyl groups is 1. The van der Waals surface area contributed by atoms with Gasteiger partial charge in [0.05, 0.1) is 12.2 Å². The van der Waals surface area contributed by atoms with Crippen LogP contribution in [0.3, 0.4) is 0 Å². The summed E-state index contributed by atoms with van der Waals surface area (Å²) in [7, 11) is 0.